The number of nitrogens with one attached hydrogen (secondary N) is 1. The van der Waals surface area contributed by atoms with Crippen LogP contribution in [0.2, 0.25) is 0 Å². The molecule has 0 atom stereocenters. The van der Waals surface area contributed by atoms with Gasteiger partial charge in [0.05, 0.1) is 0 Å². The second-order valence-corrected chi connectivity index (χ2v) is 3.66. The van der Waals surface area contributed by atoms with Gasteiger partial charge in [0.1, 0.15) is 0 Å². The Kier molecular flexibility index (Phi) is 4.94. The summed E-state index contributed by atoms with van der Waals surface area (Å²) in [5.74, 6) is -1.45. The van der Waals surface area contributed by atoms with Crippen molar-refractivity contribution in [3.8, 4) is 0 Å². The fraction of sp³-hybridized carbons (Fsp3) is 0.231. The van der Waals surface area contributed by atoms with Crippen molar-refractivity contribution in [3.63, 3.8) is 0 Å². The van der Waals surface area contributed by atoms with Crippen LogP contribution in [-0.2, 0) is 16.0 Å². The van der Waals surface area contributed by atoms with Crippen molar-refractivity contribution >= 4 is 11.9 Å². The summed E-state index contributed by atoms with van der Waals surface area (Å²) in [6, 6.07) is 9.76. The molecule has 0 bridgehead atoms. The van der Waals surface area contributed by atoms with E-state index in [4.69, 9.17) is 5.11 Å². The van der Waals surface area contributed by atoms with Gasteiger partial charge in [0.2, 0.25) is 5.91 Å². The summed E-state index contributed by atoms with van der Waals surface area (Å²) >= 11 is 0. The summed E-state index contributed by atoms with van der Waals surface area (Å²) in [7, 11) is 0. The van der Waals surface area contributed by atoms with Gasteiger partial charge in [0.15, 0.2) is 0 Å². The number of benzene rings is 1. The van der Waals surface area contributed by atoms with E-state index < -0.39 is 5.97 Å². The van der Waals surface area contributed by atoms with Gasteiger partial charge in [-0.15, -0.1) is 0 Å². The van der Waals surface area contributed by atoms with Gasteiger partial charge in [-0.25, -0.2) is 4.79 Å². The molecule has 0 aliphatic rings. The molecule has 0 radical (unpaired) electrons. The Morgan fingerprint density at radius 3 is 2.53 bits per heavy atom. The molecule has 1 aromatic carbocycles. The Bertz CT molecular complexity index is 424. The van der Waals surface area contributed by atoms with Crippen LogP contribution in [-0.4, -0.2) is 23.5 Å². The molecule has 0 aliphatic heterocycles. The van der Waals surface area contributed by atoms with Crippen LogP contribution in [0.25, 0.3) is 0 Å². The van der Waals surface area contributed by atoms with Crippen molar-refractivity contribution in [3.05, 3.63) is 47.5 Å². The minimum atomic E-state index is -1.11. The fourth-order valence-corrected chi connectivity index (χ4v) is 1.36. The van der Waals surface area contributed by atoms with Gasteiger partial charge in [-0.3, -0.25) is 4.79 Å². The lowest BCUT2D eigenvalue weighted by atomic mass is 10.1. The van der Waals surface area contributed by atoms with Crippen LogP contribution in [0.4, 0.5) is 0 Å². The number of carboxylic acid groups (broad SMARTS) is 1. The Labute approximate surface area is 100.0 Å². The van der Waals surface area contributed by atoms with Crippen molar-refractivity contribution in [2.45, 2.75) is 13.3 Å². The topological polar surface area (TPSA) is 66.4 Å². The minimum absolute atomic E-state index is 0.200. The Balaban J connectivity index is 2.37. The molecule has 0 aliphatic carbocycles. The number of aliphatic carboxylic acids is 1. The van der Waals surface area contributed by atoms with Crippen LogP contribution in [0.1, 0.15) is 12.5 Å². The number of carboxylic acids is 1. The molecule has 17 heavy (non-hydrogen) atoms. The maximum absolute atomic E-state index is 11.4. The third kappa shape index (κ3) is 4.97. The number of amides is 1. The van der Waals surface area contributed by atoms with E-state index in [1.54, 1.807) is 0 Å². The maximum atomic E-state index is 11.4. The Morgan fingerprint density at radius 1 is 1.29 bits per heavy atom. The first-order valence-corrected chi connectivity index (χ1v) is 5.33. The summed E-state index contributed by atoms with van der Waals surface area (Å²) in [5.41, 5.74) is 1.33. The first-order valence-electron chi connectivity index (χ1n) is 5.33. The standard InChI is InChI=1S/C13H15NO3/c1-10(9-12(15)16)13(17)14-8-7-11-5-3-2-4-6-11/h2-6,9H,7-8H2,1H3,(H,14,17)(H,15,16)/b10-9-. The number of hydrogen-bond acceptors (Lipinski definition) is 2. The van der Waals surface area contributed by atoms with E-state index in [0.29, 0.717) is 6.54 Å². The predicted octanol–water partition coefficient (Wildman–Crippen LogP) is 1.38. The normalized spacial score (nSPS) is 11.0. The average molecular weight is 233 g/mol. The first-order chi connectivity index (χ1) is 8.09. The summed E-state index contributed by atoms with van der Waals surface area (Å²) in [5, 5.41) is 11.1. The van der Waals surface area contributed by atoms with E-state index in [-0.39, 0.29) is 11.5 Å². The molecule has 0 fully saturated rings. The number of carbonyl (C=O) groups excluding carboxylic acids is 1. The zero-order valence-electron chi connectivity index (χ0n) is 9.64. The van der Waals surface area contributed by atoms with Gasteiger partial charge in [0.25, 0.3) is 0 Å². The monoisotopic (exact) mass is 233 g/mol. The van der Waals surface area contributed by atoms with Crippen LogP contribution in [0.5, 0.6) is 0 Å². The highest BCUT2D eigenvalue weighted by Crippen LogP contribution is 1.99. The second kappa shape index (κ2) is 6.48. The molecule has 4 nitrogen and oxygen atoms in total. The van der Waals surface area contributed by atoms with Crippen LogP contribution in [0.3, 0.4) is 0 Å². The number of carbonyl (C=O) groups is 2. The van der Waals surface area contributed by atoms with E-state index in [2.05, 4.69) is 5.32 Å². The van der Waals surface area contributed by atoms with Gasteiger partial charge < -0.3 is 10.4 Å². The van der Waals surface area contributed by atoms with Crippen molar-refractivity contribution in [2.75, 3.05) is 6.54 Å². The smallest absolute Gasteiger partial charge is 0.328 e. The molecular formula is C13H15NO3. The minimum Gasteiger partial charge on any atom is -0.478 e. The van der Waals surface area contributed by atoms with Gasteiger partial charge in [0, 0.05) is 18.2 Å². The number of hydrogen-bond donors (Lipinski definition) is 2. The third-order valence-electron chi connectivity index (χ3n) is 2.24. The lowest BCUT2D eigenvalue weighted by Crippen LogP contribution is -2.26. The second-order valence-electron chi connectivity index (χ2n) is 3.66. The Morgan fingerprint density at radius 2 is 1.94 bits per heavy atom. The van der Waals surface area contributed by atoms with Crippen LogP contribution < -0.4 is 5.32 Å². The molecule has 0 heterocycles. The van der Waals surface area contributed by atoms with Crippen molar-refractivity contribution < 1.29 is 14.7 Å². The van der Waals surface area contributed by atoms with E-state index in [1.165, 1.54) is 6.92 Å². The average Bonchev–Trinajstić information content (AvgIpc) is 2.29. The molecule has 1 aromatic rings. The molecular weight excluding hydrogens is 218 g/mol. The number of rotatable bonds is 5. The van der Waals surface area contributed by atoms with Crippen LogP contribution in [0.15, 0.2) is 42.0 Å². The molecule has 0 aromatic heterocycles. The predicted molar refractivity (Wildman–Crippen MR) is 64.5 cm³/mol. The van der Waals surface area contributed by atoms with Crippen molar-refractivity contribution in [2.24, 2.45) is 0 Å². The largest absolute Gasteiger partial charge is 0.478 e. The maximum Gasteiger partial charge on any atom is 0.328 e. The van der Waals surface area contributed by atoms with Crippen LogP contribution in [0, 0.1) is 0 Å². The van der Waals surface area contributed by atoms with E-state index in [9.17, 15) is 9.59 Å². The lowest BCUT2D eigenvalue weighted by molar-refractivity contribution is -0.131. The van der Waals surface area contributed by atoms with Gasteiger partial charge in [-0.1, -0.05) is 30.3 Å². The lowest BCUT2D eigenvalue weighted by Gasteiger charge is -2.04. The summed E-state index contributed by atoms with van der Waals surface area (Å²) in [6.07, 6.45) is 1.63. The Hall–Kier alpha value is -2.10. The van der Waals surface area contributed by atoms with E-state index in [1.807, 2.05) is 30.3 Å². The SMILES string of the molecule is C/C(=C/C(=O)O)C(=O)NCCc1ccccc1. The van der Waals surface area contributed by atoms with Crippen LogP contribution >= 0.6 is 0 Å². The molecule has 0 unspecified atom stereocenters. The summed E-state index contributed by atoms with van der Waals surface area (Å²) in [4.78, 5) is 21.8. The van der Waals surface area contributed by atoms with E-state index >= 15 is 0 Å². The molecule has 1 amide bonds. The first kappa shape index (κ1) is 13.0. The highest BCUT2D eigenvalue weighted by atomic mass is 16.4. The molecule has 1 rings (SSSR count). The third-order valence-corrected chi connectivity index (χ3v) is 2.24. The van der Waals surface area contributed by atoms with Crippen molar-refractivity contribution in [1.82, 2.24) is 5.32 Å². The molecule has 4 heteroatoms. The molecule has 0 saturated carbocycles. The van der Waals surface area contributed by atoms with Crippen molar-refractivity contribution in [1.29, 1.82) is 0 Å². The van der Waals surface area contributed by atoms with E-state index in [0.717, 1.165) is 18.1 Å². The van der Waals surface area contributed by atoms with Gasteiger partial charge >= 0.3 is 5.97 Å². The zero-order chi connectivity index (χ0) is 12.7. The zero-order valence-corrected chi connectivity index (χ0v) is 9.64. The molecule has 0 saturated heterocycles. The molecule has 0 spiro atoms. The van der Waals surface area contributed by atoms with Gasteiger partial charge in [-0.05, 0) is 18.9 Å². The van der Waals surface area contributed by atoms with Gasteiger partial charge in [-0.2, -0.15) is 0 Å². The summed E-state index contributed by atoms with van der Waals surface area (Å²) < 4.78 is 0. The molecule has 90 valence electrons. The quantitative estimate of drug-likeness (QED) is 0.755. The highest BCUT2D eigenvalue weighted by molar-refractivity contribution is 5.98. The summed E-state index contributed by atoms with van der Waals surface area (Å²) in [6.45, 7) is 1.97. The molecule has 2 N–H and O–H groups in total. The fourth-order valence-electron chi connectivity index (χ4n) is 1.36. The highest BCUT2D eigenvalue weighted by Gasteiger charge is 2.04.